The second-order valence-corrected chi connectivity index (χ2v) is 4.69. The van der Waals surface area contributed by atoms with Gasteiger partial charge in [0.25, 0.3) is 0 Å². The highest BCUT2D eigenvalue weighted by Crippen LogP contribution is 2.23. The summed E-state index contributed by atoms with van der Waals surface area (Å²) in [5.41, 5.74) is 6.90. The second kappa shape index (κ2) is 9.03. The van der Waals surface area contributed by atoms with Crippen LogP contribution in [-0.2, 0) is 0 Å². The fourth-order valence-corrected chi connectivity index (χ4v) is 2.01. The molecule has 0 aliphatic carbocycles. The van der Waals surface area contributed by atoms with Gasteiger partial charge in [-0.15, -0.1) is 0 Å². The molecule has 110 valence electrons. The lowest BCUT2D eigenvalue weighted by Crippen LogP contribution is -2.25. The average molecular weight is 276 g/mol. The first-order chi connectivity index (χ1) is 9.71. The quantitative estimate of drug-likeness (QED) is 0.702. The first-order valence-electron chi connectivity index (χ1n) is 7.23. The van der Waals surface area contributed by atoms with E-state index in [0.717, 1.165) is 31.6 Å². The van der Waals surface area contributed by atoms with Crippen molar-refractivity contribution in [3.05, 3.63) is 12.1 Å². The Morgan fingerprint density at radius 3 is 2.60 bits per heavy atom. The first-order valence-corrected chi connectivity index (χ1v) is 7.23. The Bertz CT molecular complexity index is 436. The van der Waals surface area contributed by atoms with Crippen LogP contribution in [0.4, 0.5) is 11.5 Å². The van der Waals surface area contributed by atoms with Gasteiger partial charge in [0.2, 0.25) is 5.88 Å². The molecule has 20 heavy (non-hydrogen) atoms. The molecule has 0 amide bonds. The number of anilines is 2. The molecule has 1 rings (SSSR count). The van der Waals surface area contributed by atoms with Crippen molar-refractivity contribution in [3.8, 4) is 11.9 Å². The smallest absolute Gasteiger partial charge is 0.217 e. The number of nitrogens with zero attached hydrogens (tertiary/aromatic N) is 3. The Balaban J connectivity index is 2.75. The molecule has 0 aromatic carbocycles. The van der Waals surface area contributed by atoms with E-state index in [1.54, 1.807) is 0 Å². The Morgan fingerprint density at radius 2 is 2.00 bits per heavy atom. The Kier molecular flexibility index (Phi) is 7.26. The minimum absolute atomic E-state index is 0.468. The molecular weight excluding hydrogens is 252 g/mol. The maximum absolute atomic E-state index is 8.49. The number of rotatable bonds is 9. The van der Waals surface area contributed by atoms with Crippen LogP contribution in [0.3, 0.4) is 0 Å². The summed E-state index contributed by atoms with van der Waals surface area (Å²) < 4.78 is 5.57. The highest BCUT2D eigenvalue weighted by atomic mass is 16.5. The van der Waals surface area contributed by atoms with Gasteiger partial charge in [-0.05, 0) is 19.3 Å². The molecule has 1 aromatic rings. The molecule has 1 heterocycles. The van der Waals surface area contributed by atoms with Gasteiger partial charge in [-0.1, -0.05) is 13.8 Å². The molecule has 0 saturated carbocycles. The van der Waals surface area contributed by atoms with Crippen LogP contribution in [0.5, 0.6) is 5.88 Å². The number of hydrogen-bond donors (Lipinski definition) is 1. The van der Waals surface area contributed by atoms with Gasteiger partial charge in [0.05, 0.1) is 12.7 Å². The van der Waals surface area contributed by atoms with Crippen molar-refractivity contribution in [3.63, 3.8) is 0 Å². The molecule has 5 nitrogen and oxygen atoms in total. The fourth-order valence-electron chi connectivity index (χ4n) is 2.01. The van der Waals surface area contributed by atoms with Gasteiger partial charge < -0.3 is 15.4 Å². The van der Waals surface area contributed by atoms with Gasteiger partial charge in [-0.25, -0.2) is 0 Å². The molecule has 0 bridgehead atoms. The summed E-state index contributed by atoms with van der Waals surface area (Å²) in [6.07, 6.45) is 3.37. The average Bonchev–Trinajstić information content (AvgIpc) is 2.43. The van der Waals surface area contributed by atoms with Gasteiger partial charge in [0.1, 0.15) is 5.82 Å². The number of ether oxygens (including phenoxy) is 1. The summed E-state index contributed by atoms with van der Waals surface area (Å²) in [7, 11) is 0. The number of pyridine rings is 1. The van der Waals surface area contributed by atoms with E-state index in [-0.39, 0.29) is 0 Å². The molecule has 2 N–H and O–H groups in total. The summed E-state index contributed by atoms with van der Waals surface area (Å²) in [6, 6.07) is 5.90. The molecule has 0 aliphatic rings. The summed E-state index contributed by atoms with van der Waals surface area (Å²) in [5, 5.41) is 8.49. The third-order valence-electron chi connectivity index (χ3n) is 2.84. The largest absolute Gasteiger partial charge is 0.478 e. The van der Waals surface area contributed by atoms with Gasteiger partial charge in [-0.2, -0.15) is 10.2 Å². The van der Waals surface area contributed by atoms with E-state index < -0.39 is 0 Å². The Morgan fingerprint density at radius 1 is 1.30 bits per heavy atom. The van der Waals surface area contributed by atoms with Crippen LogP contribution >= 0.6 is 0 Å². The molecule has 1 aromatic heterocycles. The van der Waals surface area contributed by atoms with E-state index in [0.29, 0.717) is 31.1 Å². The van der Waals surface area contributed by atoms with E-state index in [4.69, 9.17) is 15.7 Å². The minimum Gasteiger partial charge on any atom is -0.478 e. The van der Waals surface area contributed by atoms with Crippen LogP contribution in [0.15, 0.2) is 12.1 Å². The summed E-state index contributed by atoms with van der Waals surface area (Å²) in [5.74, 6) is 1.00. The first kappa shape index (κ1) is 16.1. The van der Waals surface area contributed by atoms with Crippen molar-refractivity contribution in [2.24, 2.45) is 0 Å². The molecule has 0 spiro atoms. The lowest BCUT2D eigenvalue weighted by Gasteiger charge is -2.24. The highest BCUT2D eigenvalue weighted by Gasteiger charge is 2.08. The maximum Gasteiger partial charge on any atom is 0.217 e. The lowest BCUT2D eigenvalue weighted by molar-refractivity contribution is 0.301. The van der Waals surface area contributed by atoms with E-state index in [9.17, 15) is 0 Å². The molecule has 0 atom stereocenters. The molecule has 0 radical (unpaired) electrons. The summed E-state index contributed by atoms with van der Waals surface area (Å²) >= 11 is 0. The van der Waals surface area contributed by atoms with Crippen LogP contribution < -0.4 is 15.4 Å². The number of nitrogen functional groups attached to an aromatic ring is 1. The van der Waals surface area contributed by atoms with Gasteiger partial charge >= 0.3 is 0 Å². The van der Waals surface area contributed by atoms with E-state index >= 15 is 0 Å². The minimum atomic E-state index is 0.468. The molecule has 0 aliphatic heterocycles. The molecule has 0 saturated heterocycles. The van der Waals surface area contributed by atoms with Crippen molar-refractivity contribution in [1.29, 1.82) is 5.26 Å². The standard InChI is InChI=1S/C15H24N4O/c1-3-8-19(9-4-2)13-11-14(17)18-15(12-13)20-10-6-5-7-16/h11-12H,3-6,8-10H2,1-2H3,(H2,17,18). The third kappa shape index (κ3) is 5.35. The van der Waals surface area contributed by atoms with Crippen LogP contribution in [0, 0.1) is 11.3 Å². The van der Waals surface area contributed by atoms with Gasteiger partial charge in [0, 0.05) is 37.3 Å². The topological polar surface area (TPSA) is 75.2 Å². The summed E-state index contributed by atoms with van der Waals surface area (Å²) in [6.45, 7) is 6.79. The zero-order chi connectivity index (χ0) is 14.8. The highest BCUT2D eigenvalue weighted by molar-refractivity contribution is 5.55. The maximum atomic E-state index is 8.49. The van der Waals surface area contributed by atoms with Crippen molar-refractivity contribution in [1.82, 2.24) is 4.98 Å². The summed E-state index contributed by atoms with van der Waals surface area (Å²) in [4.78, 5) is 6.47. The molecular formula is C15H24N4O. The van der Waals surface area contributed by atoms with Crippen LogP contribution in [0.1, 0.15) is 39.5 Å². The number of aromatic nitrogens is 1. The Labute approximate surface area is 121 Å². The zero-order valence-electron chi connectivity index (χ0n) is 12.4. The van der Waals surface area contributed by atoms with Crippen LogP contribution in [-0.4, -0.2) is 24.7 Å². The third-order valence-corrected chi connectivity index (χ3v) is 2.84. The number of unbranched alkanes of at least 4 members (excludes halogenated alkanes) is 1. The normalized spacial score (nSPS) is 10.1. The second-order valence-electron chi connectivity index (χ2n) is 4.69. The molecule has 0 fully saturated rings. The predicted molar refractivity (Wildman–Crippen MR) is 81.8 cm³/mol. The van der Waals surface area contributed by atoms with Gasteiger partial charge in [-0.3, -0.25) is 0 Å². The number of nitrogens with two attached hydrogens (primary N) is 1. The van der Waals surface area contributed by atoms with E-state index in [2.05, 4.69) is 29.8 Å². The Hall–Kier alpha value is -1.96. The SMILES string of the molecule is CCCN(CCC)c1cc(N)nc(OCCCC#N)c1. The van der Waals surface area contributed by atoms with Crippen LogP contribution in [0.2, 0.25) is 0 Å². The monoisotopic (exact) mass is 276 g/mol. The van der Waals surface area contributed by atoms with Crippen LogP contribution in [0.25, 0.3) is 0 Å². The van der Waals surface area contributed by atoms with Crippen molar-refractivity contribution in [2.75, 3.05) is 30.3 Å². The number of hydrogen-bond acceptors (Lipinski definition) is 5. The fraction of sp³-hybridized carbons (Fsp3) is 0.600. The van der Waals surface area contributed by atoms with E-state index in [1.807, 2.05) is 12.1 Å². The zero-order valence-corrected chi connectivity index (χ0v) is 12.4. The lowest BCUT2D eigenvalue weighted by atomic mass is 10.3. The number of nitriles is 1. The van der Waals surface area contributed by atoms with E-state index in [1.165, 1.54) is 0 Å². The molecule has 0 unspecified atom stereocenters. The van der Waals surface area contributed by atoms with Crippen molar-refractivity contribution in [2.45, 2.75) is 39.5 Å². The van der Waals surface area contributed by atoms with Crippen molar-refractivity contribution >= 4 is 11.5 Å². The van der Waals surface area contributed by atoms with Gasteiger partial charge in [0.15, 0.2) is 0 Å². The molecule has 5 heteroatoms. The van der Waals surface area contributed by atoms with Crippen molar-refractivity contribution < 1.29 is 4.74 Å². The predicted octanol–water partition coefficient (Wildman–Crippen LogP) is 2.97.